The maximum atomic E-state index is 11.9. The van der Waals surface area contributed by atoms with Gasteiger partial charge in [0.15, 0.2) is 0 Å². The number of hydrogen-bond donors (Lipinski definition) is 2. The number of ether oxygens (including phenoxy) is 1. The van der Waals surface area contributed by atoms with Crippen LogP contribution in [0.25, 0.3) is 10.6 Å². The van der Waals surface area contributed by atoms with Crippen LogP contribution in [-0.2, 0) is 0 Å². The third-order valence-electron chi connectivity index (χ3n) is 3.29. The quantitative estimate of drug-likeness (QED) is 0.617. The normalized spacial score (nSPS) is 10.3. The Morgan fingerprint density at radius 3 is 2.56 bits per heavy atom. The summed E-state index contributed by atoms with van der Waals surface area (Å²) >= 11 is 7.38. The minimum atomic E-state index is -0.276. The van der Waals surface area contributed by atoms with E-state index in [4.69, 9.17) is 16.3 Å². The van der Waals surface area contributed by atoms with Gasteiger partial charge in [0.1, 0.15) is 17.4 Å². The lowest BCUT2D eigenvalue weighted by Gasteiger charge is -2.09. The number of anilines is 1. The lowest BCUT2D eigenvalue weighted by Crippen LogP contribution is -2.32. The molecule has 0 saturated carbocycles. The van der Waals surface area contributed by atoms with Crippen LogP contribution >= 0.6 is 22.9 Å². The van der Waals surface area contributed by atoms with Crippen molar-refractivity contribution >= 4 is 34.7 Å². The van der Waals surface area contributed by atoms with Gasteiger partial charge >= 0.3 is 6.03 Å². The molecule has 128 valence electrons. The number of carbonyl (C=O) groups is 1. The Labute approximate surface area is 154 Å². The number of nitrogens with zero attached hydrogens (tertiary/aromatic N) is 1. The van der Waals surface area contributed by atoms with E-state index in [1.165, 1.54) is 0 Å². The molecule has 2 N–H and O–H groups in total. The smallest absolute Gasteiger partial charge is 0.319 e. The van der Waals surface area contributed by atoms with Gasteiger partial charge in [0.05, 0.1) is 6.54 Å². The van der Waals surface area contributed by atoms with E-state index in [0.29, 0.717) is 23.9 Å². The number of halogens is 1. The highest BCUT2D eigenvalue weighted by Gasteiger charge is 2.03. The van der Waals surface area contributed by atoms with Crippen LogP contribution in [-0.4, -0.2) is 24.2 Å². The summed E-state index contributed by atoms with van der Waals surface area (Å²) in [4.78, 5) is 16.1. The molecule has 0 aliphatic heterocycles. The number of hydrogen-bond acceptors (Lipinski definition) is 4. The number of thiazole rings is 1. The average Bonchev–Trinajstić information content (AvgIpc) is 3.15. The number of urea groups is 1. The van der Waals surface area contributed by atoms with Gasteiger partial charge in [-0.15, -0.1) is 11.3 Å². The third kappa shape index (κ3) is 5.20. The second-order valence-corrected chi connectivity index (χ2v) is 6.43. The van der Waals surface area contributed by atoms with Crippen molar-refractivity contribution in [3.63, 3.8) is 0 Å². The van der Waals surface area contributed by atoms with E-state index in [9.17, 15) is 4.79 Å². The molecule has 7 heteroatoms. The Kier molecular flexibility index (Phi) is 5.87. The molecule has 2 aromatic carbocycles. The van der Waals surface area contributed by atoms with Gasteiger partial charge in [-0.25, -0.2) is 9.78 Å². The molecule has 0 atom stereocenters. The number of carbonyl (C=O) groups excluding carboxylic acids is 1. The molecule has 3 aromatic rings. The van der Waals surface area contributed by atoms with Crippen LogP contribution in [0.4, 0.5) is 10.5 Å². The van der Waals surface area contributed by atoms with Crippen molar-refractivity contribution in [3.8, 4) is 16.3 Å². The third-order valence-corrected chi connectivity index (χ3v) is 4.37. The summed E-state index contributed by atoms with van der Waals surface area (Å²) in [6.45, 7) is 0.768. The van der Waals surface area contributed by atoms with Crippen LogP contribution < -0.4 is 15.4 Å². The van der Waals surface area contributed by atoms with E-state index >= 15 is 0 Å². The van der Waals surface area contributed by atoms with Crippen molar-refractivity contribution in [2.75, 3.05) is 18.5 Å². The maximum absolute atomic E-state index is 11.9. The van der Waals surface area contributed by atoms with Crippen molar-refractivity contribution in [1.82, 2.24) is 10.3 Å². The molecule has 0 spiro atoms. The molecular weight excluding hydrogens is 358 g/mol. The first-order valence-electron chi connectivity index (χ1n) is 7.64. The fraction of sp³-hybridized carbons (Fsp3) is 0.111. The first-order valence-corrected chi connectivity index (χ1v) is 8.89. The second kappa shape index (κ2) is 8.50. The molecule has 1 aromatic heterocycles. The van der Waals surface area contributed by atoms with Crippen molar-refractivity contribution < 1.29 is 9.53 Å². The van der Waals surface area contributed by atoms with E-state index in [2.05, 4.69) is 15.6 Å². The topological polar surface area (TPSA) is 63.2 Å². The zero-order valence-corrected chi connectivity index (χ0v) is 14.8. The summed E-state index contributed by atoms with van der Waals surface area (Å²) in [7, 11) is 0. The second-order valence-electron chi connectivity index (χ2n) is 5.10. The van der Waals surface area contributed by atoms with Gasteiger partial charge in [-0.05, 0) is 48.5 Å². The molecule has 0 radical (unpaired) electrons. The molecule has 2 amide bonds. The molecule has 5 nitrogen and oxygen atoms in total. The molecule has 0 bridgehead atoms. The van der Waals surface area contributed by atoms with Crippen LogP contribution in [0.15, 0.2) is 60.1 Å². The summed E-state index contributed by atoms with van der Waals surface area (Å²) in [6, 6.07) is 14.4. The van der Waals surface area contributed by atoms with Gasteiger partial charge in [-0.1, -0.05) is 11.6 Å². The van der Waals surface area contributed by atoms with Gasteiger partial charge in [0, 0.05) is 27.9 Å². The Bertz CT molecular complexity index is 805. The predicted molar refractivity (Wildman–Crippen MR) is 102 cm³/mol. The van der Waals surface area contributed by atoms with Crippen molar-refractivity contribution in [3.05, 3.63) is 65.1 Å². The van der Waals surface area contributed by atoms with Crippen molar-refractivity contribution in [1.29, 1.82) is 0 Å². The first kappa shape index (κ1) is 17.3. The van der Waals surface area contributed by atoms with E-state index in [1.807, 2.05) is 29.6 Å². The van der Waals surface area contributed by atoms with Gasteiger partial charge < -0.3 is 15.4 Å². The molecule has 0 fully saturated rings. The van der Waals surface area contributed by atoms with Gasteiger partial charge in [0.25, 0.3) is 0 Å². The van der Waals surface area contributed by atoms with Gasteiger partial charge in [0.2, 0.25) is 0 Å². The molecule has 0 unspecified atom stereocenters. The van der Waals surface area contributed by atoms with Crippen LogP contribution in [0.2, 0.25) is 5.02 Å². The predicted octanol–water partition coefficient (Wildman–Crippen LogP) is 4.66. The fourth-order valence-corrected chi connectivity index (χ4v) is 2.87. The molecule has 0 saturated heterocycles. The SMILES string of the molecule is O=C(NCCOc1ccc(Cl)cc1)Nc1ccc(-c2nccs2)cc1. The van der Waals surface area contributed by atoms with Crippen molar-refractivity contribution in [2.24, 2.45) is 0 Å². The van der Waals surface area contributed by atoms with E-state index < -0.39 is 0 Å². The van der Waals surface area contributed by atoms with E-state index in [0.717, 1.165) is 16.3 Å². The van der Waals surface area contributed by atoms with Gasteiger partial charge in [-0.3, -0.25) is 0 Å². The van der Waals surface area contributed by atoms with Crippen LogP contribution in [0, 0.1) is 0 Å². The first-order chi connectivity index (χ1) is 12.2. The minimum absolute atomic E-state index is 0.276. The number of rotatable bonds is 6. The monoisotopic (exact) mass is 373 g/mol. The highest BCUT2D eigenvalue weighted by atomic mass is 35.5. The van der Waals surface area contributed by atoms with E-state index in [1.54, 1.807) is 41.8 Å². The summed E-state index contributed by atoms with van der Waals surface area (Å²) in [5, 5.41) is 9.07. The minimum Gasteiger partial charge on any atom is -0.492 e. The number of aromatic nitrogens is 1. The number of amides is 2. The van der Waals surface area contributed by atoms with Gasteiger partial charge in [-0.2, -0.15) is 0 Å². The average molecular weight is 374 g/mol. The van der Waals surface area contributed by atoms with Crippen LogP contribution in [0.3, 0.4) is 0 Å². The Morgan fingerprint density at radius 2 is 1.88 bits per heavy atom. The van der Waals surface area contributed by atoms with Crippen LogP contribution in [0.5, 0.6) is 5.75 Å². The van der Waals surface area contributed by atoms with Crippen LogP contribution in [0.1, 0.15) is 0 Å². The Balaban J connectivity index is 1.41. The molecule has 0 aliphatic carbocycles. The standard InChI is InChI=1S/C18H16ClN3O2S/c19-14-3-7-16(8-4-14)24-11-9-21-18(23)22-15-5-1-13(2-6-15)17-20-10-12-25-17/h1-8,10,12H,9,11H2,(H2,21,22,23). The highest BCUT2D eigenvalue weighted by Crippen LogP contribution is 2.23. The van der Waals surface area contributed by atoms with Crippen molar-refractivity contribution in [2.45, 2.75) is 0 Å². The number of benzene rings is 2. The molecule has 3 rings (SSSR count). The summed E-state index contributed by atoms with van der Waals surface area (Å²) in [6.07, 6.45) is 1.77. The maximum Gasteiger partial charge on any atom is 0.319 e. The fourth-order valence-electron chi connectivity index (χ4n) is 2.10. The molecule has 25 heavy (non-hydrogen) atoms. The highest BCUT2D eigenvalue weighted by molar-refractivity contribution is 7.13. The lowest BCUT2D eigenvalue weighted by molar-refractivity contribution is 0.247. The zero-order chi connectivity index (χ0) is 17.5. The lowest BCUT2D eigenvalue weighted by atomic mass is 10.2. The molecular formula is C18H16ClN3O2S. The largest absolute Gasteiger partial charge is 0.492 e. The zero-order valence-electron chi connectivity index (χ0n) is 13.2. The summed E-state index contributed by atoms with van der Waals surface area (Å²) < 4.78 is 5.51. The number of nitrogens with one attached hydrogen (secondary N) is 2. The van der Waals surface area contributed by atoms with E-state index in [-0.39, 0.29) is 6.03 Å². The summed E-state index contributed by atoms with van der Waals surface area (Å²) in [5.74, 6) is 0.712. The Morgan fingerprint density at radius 1 is 1.12 bits per heavy atom. The summed E-state index contributed by atoms with van der Waals surface area (Å²) in [5.41, 5.74) is 1.74. The Hall–Kier alpha value is -2.57. The molecule has 0 aliphatic rings. The molecule has 1 heterocycles.